The largest absolute Gasteiger partial charge is 0.307 e. The molecule has 0 bridgehead atoms. The zero-order valence-electron chi connectivity index (χ0n) is 8.91. The van der Waals surface area contributed by atoms with Crippen LogP contribution < -0.4 is 5.32 Å². The fraction of sp³-hybridized carbons (Fsp3) is 0.385. The van der Waals surface area contributed by atoms with Gasteiger partial charge in [0.2, 0.25) is 0 Å². The van der Waals surface area contributed by atoms with E-state index in [0.29, 0.717) is 12.1 Å². The molecule has 1 unspecified atom stereocenters. The molecule has 0 spiro atoms. The highest BCUT2D eigenvalue weighted by atomic mass is 79.9. The van der Waals surface area contributed by atoms with Crippen LogP contribution in [-0.2, 0) is 0 Å². The van der Waals surface area contributed by atoms with Crippen molar-refractivity contribution in [3.63, 3.8) is 0 Å². The molecule has 1 aliphatic rings. The van der Waals surface area contributed by atoms with Gasteiger partial charge in [0.1, 0.15) is 0 Å². The third-order valence-corrected chi connectivity index (χ3v) is 3.59. The molecule has 0 saturated heterocycles. The van der Waals surface area contributed by atoms with E-state index in [0.717, 1.165) is 12.8 Å². The highest BCUT2D eigenvalue weighted by Crippen LogP contribution is 2.24. The van der Waals surface area contributed by atoms with Gasteiger partial charge in [-0.3, -0.25) is 0 Å². The first-order valence-electron chi connectivity index (χ1n) is 5.43. The van der Waals surface area contributed by atoms with Gasteiger partial charge in [-0.25, -0.2) is 0 Å². The SMILES string of the molecule is CC(NC1CC=CC1)c1ccccc1Br. The summed E-state index contributed by atoms with van der Waals surface area (Å²) >= 11 is 3.59. The number of rotatable bonds is 3. The fourth-order valence-electron chi connectivity index (χ4n) is 2.02. The molecule has 1 atom stereocenters. The van der Waals surface area contributed by atoms with E-state index in [1.54, 1.807) is 0 Å². The Morgan fingerprint density at radius 3 is 2.60 bits per heavy atom. The first-order valence-corrected chi connectivity index (χ1v) is 6.22. The van der Waals surface area contributed by atoms with E-state index in [9.17, 15) is 0 Å². The first-order chi connectivity index (χ1) is 7.27. The van der Waals surface area contributed by atoms with Crippen LogP contribution in [0.25, 0.3) is 0 Å². The van der Waals surface area contributed by atoms with Crippen molar-refractivity contribution in [3.05, 3.63) is 46.5 Å². The number of hydrogen-bond donors (Lipinski definition) is 1. The molecule has 0 radical (unpaired) electrons. The maximum atomic E-state index is 3.64. The van der Waals surface area contributed by atoms with E-state index in [1.807, 2.05) is 0 Å². The van der Waals surface area contributed by atoms with Crippen LogP contribution in [0.3, 0.4) is 0 Å². The van der Waals surface area contributed by atoms with Gasteiger partial charge in [0.15, 0.2) is 0 Å². The average Bonchev–Trinajstić information content (AvgIpc) is 2.71. The van der Waals surface area contributed by atoms with Crippen molar-refractivity contribution in [2.45, 2.75) is 31.8 Å². The summed E-state index contributed by atoms with van der Waals surface area (Å²) in [6.45, 7) is 2.22. The Morgan fingerprint density at radius 1 is 1.27 bits per heavy atom. The van der Waals surface area contributed by atoms with Gasteiger partial charge in [-0.1, -0.05) is 46.3 Å². The third-order valence-electron chi connectivity index (χ3n) is 2.87. The quantitative estimate of drug-likeness (QED) is 0.820. The van der Waals surface area contributed by atoms with E-state index >= 15 is 0 Å². The van der Waals surface area contributed by atoms with Crippen LogP contribution in [0.1, 0.15) is 31.4 Å². The third kappa shape index (κ3) is 2.70. The summed E-state index contributed by atoms with van der Waals surface area (Å²) in [5.41, 5.74) is 1.34. The van der Waals surface area contributed by atoms with Crippen molar-refractivity contribution in [2.75, 3.05) is 0 Å². The summed E-state index contributed by atoms with van der Waals surface area (Å²) in [4.78, 5) is 0. The number of benzene rings is 1. The smallest absolute Gasteiger partial charge is 0.0305 e. The molecule has 0 saturated carbocycles. The number of nitrogens with one attached hydrogen (secondary N) is 1. The van der Waals surface area contributed by atoms with Crippen molar-refractivity contribution in [1.82, 2.24) is 5.32 Å². The summed E-state index contributed by atoms with van der Waals surface area (Å²) in [6, 6.07) is 9.44. The molecule has 2 rings (SSSR count). The van der Waals surface area contributed by atoms with E-state index in [-0.39, 0.29) is 0 Å². The van der Waals surface area contributed by atoms with Crippen LogP contribution in [0.2, 0.25) is 0 Å². The maximum absolute atomic E-state index is 3.64. The Morgan fingerprint density at radius 2 is 1.93 bits per heavy atom. The van der Waals surface area contributed by atoms with Gasteiger partial charge in [0.05, 0.1) is 0 Å². The average molecular weight is 266 g/mol. The molecule has 80 valence electrons. The van der Waals surface area contributed by atoms with Crippen LogP contribution in [0, 0.1) is 0 Å². The number of halogens is 1. The lowest BCUT2D eigenvalue weighted by atomic mass is 10.1. The van der Waals surface area contributed by atoms with Crippen molar-refractivity contribution < 1.29 is 0 Å². The summed E-state index contributed by atoms with van der Waals surface area (Å²) in [7, 11) is 0. The summed E-state index contributed by atoms with van der Waals surface area (Å²) in [6.07, 6.45) is 6.83. The first kappa shape index (κ1) is 10.9. The summed E-state index contributed by atoms with van der Waals surface area (Å²) < 4.78 is 1.19. The topological polar surface area (TPSA) is 12.0 Å². The molecule has 0 amide bonds. The summed E-state index contributed by atoms with van der Waals surface area (Å²) in [5, 5.41) is 3.64. The molecule has 0 aromatic heterocycles. The Bertz CT molecular complexity index is 351. The van der Waals surface area contributed by atoms with Crippen molar-refractivity contribution in [1.29, 1.82) is 0 Å². The predicted octanol–water partition coefficient (Wildman–Crippen LogP) is 3.82. The van der Waals surface area contributed by atoms with E-state index in [1.165, 1.54) is 10.0 Å². The van der Waals surface area contributed by atoms with Crippen LogP contribution in [0.5, 0.6) is 0 Å². The highest BCUT2D eigenvalue weighted by Gasteiger charge is 2.15. The zero-order chi connectivity index (χ0) is 10.7. The van der Waals surface area contributed by atoms with Crippen LogP contribution in [0.15, 0.2) is 40.9 Å². The minimum Gasteiger partial charge on any atom is -0.307 e. The van der Waals surface area contributed by atoms with Gasteiger partial charge in [-0.2, -0.15) is 0 Å². The minimum absolute atomic E-state index is 0.408. The highest BCUT2D eigenvalue weighted by molar-refractivity contribution is 9.10. The Hall–Kier alpha value is -0.600. The minimum atomic E-state index is 0.408. The lowest BCUT2D eigenvalue weighted by Gasteiger charge is -2.20. The van der Waals surface area contributed by atoms with E-state index in [4.69, 9.17) is 0 Å². The molecule has 2 heteroatoms. The van der Waals surface area contributed by atoms with Crippen LogP contribution in [0.4, 0.5) is 0 Å². The Kier molecular flexibility index (Phi) is 3.60. The Labute approximate surface area is 99.7 Å². The van der Waals surface area contributed by atoms with Gasteiger partial charge >= 0.3 is 0 Å². The fourth-order valence-corrected chi connectivity index (χ4v) is 2.65. The molecule has 1 aliphatic carbocycles. The van der Waals surface area contributed by atoms with E-state index < -0.39 is 0 Å². The van der Waals surface area contributed by atoms with Gasteiger partial charge in [-0.15, -0.1) is 0 Å². The van der Waals surface area contributed by atoms with Crippen LogP contribution >= 0.6 is 15.9 Å². The Balaban J connectivity index is 2.01. The lowest BCUT2D eigenvalue weighted by molar-refractivity contribution is 0.470. The molecule has 15 heavy (non-hydrogen) atoms. The summed E-state index contributed by atoms with van der Waals surface area (Å²) in [5.74, 6) is 0. The van der Waals surface area contributed by atoms with Gasteiger partial charge in [-0.05, 0) is 31.4 Å². The molecule has 1 aromatic rings. The lowest BCUT2D eigenvalue weighted by Crippen LogP contribution is -2.29. The van der Waals surface area contributed by atoms with Gasteiger partial charge in [0.25, 0.3) is 0 Å². The second-order valence-electron chi connectivity index (χ2n) is 4.05. The monoisotopic (exact) mass is 265 g/mol. The molecular weight excluding hydrogens is 250 g/mol. The second-order valence-corrected chi connectivity index (χ2v) is 4.90. The molecule has 1 nitrogen and oxygen atoms in total. The van der Waals surface area contributed by atoms with Crippen molar-refractivity contribution in [3.8, 4) is 0 Å². The maximum Gasteiger partial charge on any atom is 0.0305 e. The molecule has 0 heterocycles. The van der Waals surface area contributed by atoms with Crippen LogP contribution in [-0.4, -0.2) is 6.04 Å². The number of hydrogen-bond acceptors (Lipinski definition) is 1. The van der Waals surface area contributed by atoms with Crippen molar-refractivity contribution in [2.24, 2.45) is 0 Å². The molecule has 1 aromatic carbocycles. The molecular formula is C13H16BrN. The van der Waals surface area contributed by atoms with Gasteiger partial charge < -0.3 is 5.32 Å². The predicted molar refractivity (Wildman–Crippen MR) is 67.9 cm³/mol. The standard InChI is InChI=1S/C13H16BrN/c1-10(15-11-6-2-3-7-11)12-8-4-5-9-13(12)14/h2-5,8-11,15H,6-7H2,1H3. The molecule has 0 fully saturated rings. The van der Waals surface area contributed by atoms with Crippen molar-refractivity contribution >= 4 is 15.9 Å². The molecule has 0 aliphatic heterocycles. The van der Waals surface area contributed by atoms with E-state index in [2.05, 4.69) is 64.6 Å². The van der Waals surface area contributed by atoms with Gasteiger partial charge in [0, 0.05) is 16.6 Å². The zero-order valence-corrected chi connectivity index (χ0v) is 10.5. The molecule has 1 N–H and O–H groups in total. The normalized spacial score (nSPS) is 18.3. The second kappa shape index (κ2) is 4.95.